The summed E-state index contributed by atoms with van der Waals surface area (Å²) in [6.45, 7) is 1.88. The SMILES string of the molecule is CCCCC(=O)Nc1ccc(NC(=S)NC(=O)COc2ccccc2)cc1OC. The minimum absolute atomic E-state index is 0.0629. The summed E-state index contributed by atoms with van der Waals surface area (Å²) in [4.78, 5) is 23.9. The van der Waals surface area contributed by atoms with Gasteiger partial charge in [-0.25, -0.2) is 0 Å². The van der Waals surface area contributed by atoms with E-state index in [0.717, 1.165) is 12.8 Å². The van der Waals surface area contributed by atoms with Gasteiger partial charge in [-0.1, -0.05) is 31.5 Å². The highest BCUT2D eigenvalue weighted by atomic mass is 32.1. The number of ether oxygens (including phenoxy) is 2. The van der Waals surface area contributed by atoms with E-state index in [1.54, 1.807) is 30.3 Å². The lowest BCUT2D eigenvalue weighted by Gasteiger charge is -2.14. The van der Waals surface area contributed by atoms with Gasteiger partial charge in [-0.2, -0.15) is 0 Å². The molecule has 2 aromatic carbocycles. The summed E-state index contributed by atoms with van der Waals surface area (Å²) in [6, 6.07) is 14.2. The van der Waals surface area contributed by atoms with Gasteiger partial charge in [0.1, 0.15) is 11.5 Å². The minimum Gasteiger partial charge on any atom is -0.494 e. The average molecular weight is 416 g/mol. The number of nitrogens with one attached hydrogen (secondary N) is 3. The Bertz CT molecular complexity index is 843. The van der Waals surface area contributed by atoms with E-state index < -0.39 is 0 Å². The van der Waals surface area contributed by atoms with Crippen molar-refractivity contribution in [1.29, 1.82) is 0 Å². The van der Waals surface area contributed by atoms with E-state index in [0.29, 0.717) is 29.3 Å². The topological polar surface area (TPSA) is 88.7 Å². The van der Waals surface area contributed by atoms with Crippen LogP contribution < -0.4 is 25.4 Å². The molecule has 154 valence electrons. The second-order valence-electron chi connectivity index (χ2n) is 6.17. The Morgan fingerprint density at radius 3 is 2.48 bits per heavy atom. The van der Waals surface area contributed by atoms with Gasteiger partial charge < -0.3 is 20.1 Å². The van der Waals surface area contributed by atoms with E-state index in [2.05, 4.69) is 16.0 Å². The first-order chi connectivity index (χ1) is 14.0. The number of hydrogen-bond acceptors (Lipinski definition) is 5. The minimum atomic E-state index is -0.377. The third-order valence-electron chi connectivity index (χ3n) is 3.86. The van der Waals surface area contributed by atoms with E-state index in [1.807, 2.05) is 25.1 Å². The van der Waals surface area contributed by atoms with Crippen LogP contribution in [0.1, 0.15) is 26.2 Å². The molecule has 0 spiro atoms. The summed E-state index contributed by atoms with van der Waals surface area (Å²) in [5.74, 6) is 0.648. The Morgan fingerprint density at radius 1 is 1.03 bits per heavy atom. The lowest BCUT2D eigenvalue weighted by molar-refractivity contribution is -0.121. The third kappa shape index (κ3) is 7.79. The number of para-hydroxylation sites is 1. The summed E-state index contributed by atoms with van der Waals surface area (Å²) < 4.78 is 10.7. The Morgan fingerprint density at radius 2 is 1.79 bits per heavy atom. The van der Waals surface area contributed by atoms with E-state index >= 15 is 0 Å². The molecular weight excluding hydrogens is 390 g/mol. The molecule has 7 nitrogen and oxygen atoms in total. The van der Waals surface area contributed by atoms with Crippen LogP contribution in [0.5, 0.6) is 11.5 Å². The number of hydrogen-bond donors (Lipinski definition) is 3. The highest BCUT2D eigenvalue weighted by Crippen LogP contribution is 2.28. The molecule has 29 heavy (non-hydrogen) atoms. The molecule has 0 fully saturated rings. The number of methoxy groups -OCH3 is 1. The Balaban J connectivity index is 1.87. The van der Waals surface area contributed by atoms with Crippen LogP contribution in [0.25, 0.3) is 0 Å². The number of anilines is 2. The maximum atomic E-state index is 12.0. The molecule has 0 radical (unpaired) electrons. The van der Waals surface area contributed by atoms with Gasteiger partial charge in [0.2, 0.25) is 5.91 Å². The quantitative estimate of drug-likeness (QED) is 0.541. The lowest BCUT2D eigenvalue weighted by atomic mass is 10.2. The molecule has 0 atom stereocenters. The van der Waals surface area contributed by atoms with Crippen LogP contribution in [0.4, 0.5) is 11.4 Å². The van der Waals surface area contributed by atoms with Crippen molar-refractivity contribution < 1.29 is 19.1 Å². The molecule has 0 bridgehead atoms. The van der Waals surface area contributed by atoms with E-state index in [4.69, 9.17) is 21.7 Å². The van der Waals surface area contributed by atoms with Crippen LogP contribution >= 0.6 is 12.2 Å². The highest BCUT2D eigenvalue weighted by molar-refractivity contribution is 7.80. The molecule has 2 aromatic rings. The molecule has 0 saturated carbocycles. The molecule has 2 rings (SSSR count). The standard InChI is InChI=1S/C21H25N3O4S/c1-3-4-10-19(25)23-17-12-11-15(13-18(17)27-2)22-21(29)24-20(26)14-28-16-8-6-5-7-9-16/h5-9,11-13H,3-4,10,14H2,1-2H3,(H,23,25)(H2,22,24,26,29). The third-order valence-corrected chi connectivity index (χ3v) is 4.06. The van der Waals surface area contributed by atoms with Gasteiger partial charge in [-0.05, 0) is 42.9 Å². The fraction of sp³-hybridized carbons (Fsp3) is 0.286. The molecule has 0 aliphatic heterocycles. The summed E-state index contributed by atoms with van der Waals surface area (Å²) in [6.07, 6.45) is 2.24. The molecular formula is C21H25N3O4S. The second kappa shape index (κ2) is 11.7. The van der Waals surface area contributed by atoms with E-state index in [1.165, 1.54) is 7.11 Å². The number of rotatable bonds is 9. The van der Waals surface area contributed by atoms with Crippen molar-refractivity contribution in [2.75, 3.05) is 24.4 Å². The summed E-state index contributed by atoms with van der Waals surface area (Å²) in [7, 11) is 1.52. The Labute approximate surface area is 175 Å². The smallest absolute Gasteiger partial charge is 0.264 e. The second-order valence-corrected chi connectivity index (χ2v) is 6.58. The maximum Gasteiger partial charge on any atom is 0.264 e. The van der Waals surface area contributed by atoms with Gasteiger partial charge >= 0.3 is 0 Å². The number of carbonyl (C=O) groups is 2. The fourth-order valence-electron chi connectivity index (χ4n) is 2.41. The van der Waals surface area contributed by atoms with Crippen molar-refractivity contribution >= 4 is 40.5 Å². The van der Waals surface area contributed by atoms with Gasteiger partial charge in [-0.3, -0.25) is 14.9 Å². The highest BCUT2D eigenvalue weighted by Gasteiger charge is 2.10. The summed E-state index contributed by atoms with van der Waals surface area (Å²) >= 11 is 5.16. The Hall–Kier alpha value is -3.13. The zero-order valence-electron chi connectivity index (χ0n) is 16.5. The molecule has 0 aliphatic carbocycles. The predicted molar refractivity (Wildman–Crippen MR) is 117 cm³/mol. The van der Waals surface area contributed by atoms with Crippen LogP contribution in [0, 0.1) is 0 Å². The van der Waals surface area contributed by atoms with Crippen LogP contribution in [0.3, 0.4) is 0 Å². The van der Waals surface area contributed by atoms with Gasteiger partial charge in [0, 0.05) is 18.2 Å². The van der Waals surface area contributed by atoms with Crippen molar-refractivity contribution in [3.63, 3.8) is 0 Å². The normalized spacial score (nSPS) is 10.0. The van der Waals surface area contributed by atoms with Crippen LogP contribution in [-0.2, 0) is 9.59 Å². The molecule has 0 heterocycles. The summed E-state index contributed by atoms with van der Waals surface area (Å²) in [5.41, 5.74) is 1.19. The number of thiocarbonyl (C=S) groups is 1. The number of carbonyl (C=O) groups excluding carboxylic acids is 2. The lowest BCUT2D eigenvalue weighted by Crippen LogP contribution is -2.37. The first kappa shape index (κ1) is 22.2. The predicted octanol–water partition coefficient (Wildman–Crippen LogP) is 3.72. The van der Waals surface area contributed by atoms with Gasteiger partial charge in [0.15, 0.2) is 11.7 Å². The zero-order chi connectivity index (χ0) is 21.1. The molecule has 8 heteroatoms. The van der Waals surface area contributed by atoms with Gasteiger partial charge in [0.05, 0.1) is 12.8 Å². The maximum absolute atomic E-state index is 12.0. The zero-order valence-corrected chi connectivity index (χ0v) is 17.3. The molecule has 0 unspecified atom stereocenters. The number of amides is 2. The summed E-state index contributed by atoms with van der Waals surface area (Å²) in [5, 5.41) is 8.43. The van der Waals surface area contributed by atoms with Gasteiger partial charge in [0.25, 0.3) is 5.91 Å². The van der Waals surface area contributed by atoms with Crippen molar-refractivity contribution in [2.45, 2.75) is 26.2 Å². The van der Waals surface area contributed by atoms with Crippen LogP contribution in [0.15, 0.2) is 48.5 Å². The fourth-order valence-corrected chi connectivity index (χ4v) is 2.64. The van der Waals surface area contributed by atoms with E-state index in [9.17, 15) is 9.59 Å². The molecule has 0 aromatic heterocycles. The molecule has 2 amide bonds. The number of unbranched alkanes of at least 4 members (excludes halogenated alkanes) is 1. The largest absolute Gasteiger partial charge is 0.494 e. The monoisotopic (exact) mass is 415 g/mol. The van der Waals surface area contributed by atoms with Crippen molar-refractivity contribution in [3.8, 4) is 11.5 Å². The van der Waals surface area contributed by atoms with Gasteiger partial charge in [-0.15, -0.1) is 0 Å². The van der Waals surface area contributed by atoms with E-state index in [-0.39, 0.29) is 23.5 Å². The molecule has 0 aliphatic rings. The first-order valence-corrected chi connectivity index (χ1v) is 9.69. The first-order valence-electron chi connectivity index (χ1n) is 9.28. The van der Waals surface area contributed by atoms with Crippen molar-refractivity contribution in [3.05, 3.63) is 48.5 Å². The molecule has 0 saturated heterocycles. The molecule has 3 N–H and O–H groups in total. The van der Waals surface area contributed by atoms with Crippen molar-refractivity contribution in [1.82, 2.24) is 5.32 Å². The van der Waals surface area contributed by atoms with Crippen LogP contribution in [-0.4, -0.2) is 30.6 Å². The average Bonchev–Trinajstić information content (AvgIpc) is 2.72. The Kier molecular flexibility index (Phi) is 8.91. The van der Waals surface area contributed by atoms with Crippen LogP contribution in [0.2, 0.25) is 0 Å². The number of benzene rings is 2. The van der Waals surface area contributed by atoms with Crippen molar-refractivity contribution in [2.24, 2.45) is 0 Å².